The lowest BCUT2D eigenvalue weighted by atomic mass is 9.89. The second-order valence-corrected chi connectivity index (χ2v) is 5.79. The maximum absolute atomic E-state index is 12.0. The first-order valence-electron chi connectivity index (χ1n) is 6.79. The summed E-state index contributed by atoms with van der Waals surface area (Å²) in [5, 5.41) is 14.2. The number of hydrogen-bond donors (Lipinski definition) is 1. The number of aliphatic hydroxyl groups is 1. The zero-order chi connectivity index (χ0) is 14.6. The van der Waals surface area contributed by atoms with Gasteiger partial charge in [-0.15, -0.1) is 0 Å². The molecule has 0 aliphatic rings. The fourth-order valence-corrected chi connectivity index (χ4v) is 1.76. The van der Waals surface area contributed by atoms with E-state index in [1.807, 2.05) is 34.6 Å². The first-order valence-corrected chi connectivity index (χ1v) is 6.79. The first kappa shape index (κ1) is 15.7. The second-order valence-electron chi connectivity index (χ2n) is 5.79. The lowest BCUT2D eigenvalue weighted by Crippen LogP contribution is -2.36. The van der Waals surface area contributed by atoms with Gasteiger partial charge < -0.3 is 10.0 Å². The summed E-state index contributed by atoms with van der Waals surface area (Å²) in [4.78, 5) is 14.1. The van der Waals surface area contributed by atoms with Crippen LogP contribution in [0.1, 0.15) is 34.6 Å². The number of rotatable bonds is 5. The molecule has 1 heterocycles. The van der Waals surface area contributed by atoms with E-state index in [-0.39, 0.29) is 17.5 Å². The number of hydrogen-bond acceptors (Lipinski definition) is 4. The van der Waals surface area contributed by atoms with Crippen LogP contribution in [-0.4, -0.2) is 34.1 Å². The molecule has 108 valence electrons. The Kier molecular flexibility index (Phi) is 5.11. The van der Waals surface area contributed by atoms with E-state index >= 15 is 0 Å². The summed E-state index contributed by atoms with van der Waals surface area (Å²) >= 11 is 0. The van der Waals surface area contributed by atoms with Gasteiger partial charge in [-0.1, -0.05) is 20.8 Å². The van der Waals surface area contributed by atoms with E-state index in [4.69, 9.17) is 0 Å². The topological polar surface area (TPSA) is 58.4 Å². The molecule has 1 N–H and O–H groups in total. The Morgan fingerprint density at radius 3 is 2.37 bits per heavy atom. The van der Waals surface area contributed by atoms with Gasteiger partial charge in [0.2, 0.25) is 0 Å². The first-order chi connectivity index (χ1) is 8.79. The van der Waals surface area contributed by atoms with Crippen molar-refractivity contribution < 1.29 is 5.11 Å². The van der Waals surface area contributed by atoms with Gasteiger partial charge in [-0.25, -0.2) is 4.68 Å². The Hall–Kier alpha value is -1.36. The molecule has 0 radical (unpaired) electrons. The van der Waals surface area contributed by atoms with E-state index in [1.165, 1.54) is 4.68 Å². The molecule has 5 heteroatoms. The van der Waals surface area contributed by atoms with Crippen LogP contribution in [0.3, 0.4) is 0 Å². The molecule has 1 aromatic rings. The SMILES string of the molecule is CCN(CC)c1cnn(CC(O)C(C)(C)C)c(=O)c1. The predicted octanol–water partition coefficient (Wildman–Crippen LogP) is 1.50. The molecular weight excluding hydrogens is 242 g/mol. The minimum Gasteiger partial charge on any atom is -0.391 e. The zero-order valence-electron chi connectivity index (χ0n) is 12.6. The van der Waals surface area contributed by atoms with Crippen molar-refractivity contribution in [2.75, 3.05) is 18.0 Å². The van der Waals surface area contributed by atoms with E-state index in [2.05, 4.69) is 10.00 Å². The molecule has 0 aliphatic heterocycles. The monoisotopic (exact) mass is 267 g/mol. The van der Waals surface area contributed by atoms with Gasteiger partial charge in [-0.2, -0.15) is 5.10 Å². The van der Waals surface area contributed by atoms with Crippen LogP contribution in [0.4, 0.5) is 5.69 Å². The third-order valence-corrected chi connectivity index (χ3v) is 3.33. The van der Waals surface area contributed by atoms with E-state index < -0.39 is 6.10 Å². The van der Waals surface area contributed by atoms with Gasteiger partial charge in [0.05, 0.1) is 24.5 Å². The highest BCUT2D eigenvalue weighted by molar-refractivity contribution is 5.42. The van der Waals surface area contributed by atoms with E-state index in [9.17, 15) is 9.90 Å². The maximum Gasteiger partial charge on any atom is 0.268 e. The molecule has 19 heavy (non-hydrogen) atoms. The molecule has 1 aromatic heterocycles. The molecule has 5 nitrogen and oxygen atoms in total. The minimum atomic E-state index is -0.600. The average Bonchev–Trinajstić information content (AvgIpc) is 2.32. The quantitative estimate of drug-likeness (QED) is 0.878. The van der Waals surface area contributed by atoms with Crippen molar-refractivity contribution in [3.63, 3.8) is 0 Å². The summed E-state index contributed by atoms with van der Waals surface area (Å²) in [5.74, 6) is 0. The van der Waals surface area contributed by atoms with E-state index in [0.717, 1.165) is 18.8 Å². The minimum absolute atomic E-state index is 0.173. The molecule has 0 fully saturated rings. The Morgan fingerprint density at radius 2 is 1.95 bits per heavy atom. The molecular formula is C14H25N3O2. The molecule has 1 unspecified atom stereocenters. The van der Waals surface area contributed by atoms with Crippen LogP contribution in [0.15, 0.2) is 17.1 Å². The van der Waals surface area contributed by atoms with Crippen molar-refractivity contribution in [3.8, 4) is 0 Å². The van der Waals surface area contributed by atoms with Gasteiger partial charge in [0, 0.05) is 19.2 Å². The molecule has 0 saturated heterocycles. The molecule has 0 aliphatic carbocycles. The number of anilines is 1. The second kappa shape index (κ2) is 6.19. The van der Waals surface area contributed by atoms with Crippen LogP contribution in [0.5, 0.6) is 0 Å². The summed E-state index contributed by atoms with van der Waals surface area (Å²) in [7, 11) is 0. The standard InChI is InChI=1S/C14H25N3O2/c1-6-16(7-2)11-8-13(19)17(15-9-11)10-12(18)14(3,4)5/h8-9,12,18H,6-7,10H2,1-5H3. The van der Waals surface area contributed by atoms with Crippen molar-refractivity contribution in [1.29, 1.82) is 0 Å². The van der Waals surface area contributed by atoms with Gasteiger partial charge in [-0.05, 0) is 19.3 Å². The van der Waals surface area contributed by atoms with Crippen LogP contribution >= 0.6 is 0 Å². The predicted molar refractivity (Wildman–Crippen MR) is 77.5 cm³/mol. The normalized spacial score (nSPS) is 13.4. The highest BCUT2D eigenvalue weighted by Gasteiger charge is 2.23. The van der Waals surface area contributed by atoms with Gasteiger partial charge in [0.1, 0.15) is 0 Å². The summed E-state index contributed by atoms with van der Waals surface area (Å²) in [6.45, 7) is 11.8. The van der Waals surface area contributed by atoms with Gasteiger partial charge in [0.25, 0.3) is 5.56 Å². The smallest absolute Gasteiger partial charge is 0.268 e. The van der Waals surface area contributed by atoms with Crippen molar-refractivity contribution in [2.24, 2.45) is 5.41 Å². The average molecular weight is 267 g/mol. The summed E-state index contributed by atoms with van der Waals surface area (Å²) in [5.41, 5.74) is 0.391. The Bertz CT molecular complexity index is 458. The third-order valence-electron chi connectivity index (χ3n) is 3.33. The maximum atomic E-state index is 12.0. The van der Waals surface area contributed by atoms with Crippen LogP contribution in [0, 0.1) is 5.41 Å². The molecule has 0 amide bonds. The van der Waals surface area contributed by atoms with Crippen molar-refractivity contribution in [1.82, 2.24) is 9.78 Å². The number of nitrogens with zero attached hydrogens (tertiary/aromatic N) is 3. The molecule has 0 aromatic carbocycles. The van der Waals surface area contributed by atoms with Crippen LogP contribution in [0.2, 0.25) is 0 Å². The Morgan fingerprint density at radius 1 is 1.37 bits per heavy atom. The van der Waals surface area contributed by atoms with Crippen molar-refractivity contribution in [2.45, 2.75) is 47.3 Å². The Labute approximate surface area is 114 Å². The van der Waals surface area contributed by atoms with E-state index in [1.54, 1.807) is 12.3 Å². The van der Waals surface area contributed by atoms with Gasteiger partial charge in [0.15, 0.2) is 0 Å². The fourth-order valence-electron chi connectivity index (χ4n) is 1.76. The van der Waals surface area contributed by atoms with Crippen molar-refractivity contribution >= 4 is 5.69 Å². The zero-order valence-corrected chi connectivity index (χ0v) is 12.6. The number of aliphatic hydroxyl groups excluding tert-OH is 1. The molecule has 1 rings (SSSR count). The van der Waals surface area contributed by atoms with Crippen LogP contribution in [-0.2, 0) is 6.54 Å². The van der Waals surface area contributed by atoms with Gasteiger partial charge in [-0.3, -0.25) is 4.79 Å². The Balaban J connectivity index is 2.92. The van der Waals surface area contributed by atoms with E-state index in [0.29, 0.717) is 0 Å². The summed E-state index contributed by atoms with van der Waals surface area (Å²) in [6.07, 6.45) is 1.08. The number of aromatic nitrogens is 2. The lowest BCUT2D eigenvalue weighted by Gasteiger charge is -2.26. The molecule has 0 bridgehead atoms. The fraction of sp³-hybridized carbons (Fsp3) is 0.714. The van der Waals surface area contributed by atoms with Gasteiger partial charge >= 0.3 is 0 Å². The van der Waals surface area contributed by atoms with Crippen LogP contribution in [0.25, 0.3) is 0 Å². The highest BCUT2D eigenvalue weighted by Crippen LogP contribution is 2.19. The third kappa shape index (κ3) is 4.06. The largest absolute Gasteiger partial charge is 0.391 e. The summed E-state index contributed by atoms with van der Waals surface area (Å²) in [6, 6.07) is 1.58. The van der Waals surface area contributed by atoms with Crippen LogP contribution < -0.4 is 10.5 Å². The highest BCUT2D eigenvalue weighted by atomic mass is 16.3. The molecule has 0 saturated carbocycles. The molecule has 0 spiro atoms. The van der Waals surface area contributed by atoms with Crippen molar-refractivity contribution in [3.05, 3.63) is 22.6 Å². The lowest BCUT2D eigenvalue weighted by molar-refractivity contribution is 0.0438. The summed E-state index contributed by atoms with van der Waals surface area (Å²) < 4.78 is 1.32. The molecule has 1 atom stereocenters.